The van der Waals surface area contributed by atoms with Crippen molar-refractivity contribution in [3.05, 3.63) is 276 Å². The van der Waals surface area contributed by atoms with Crippen molar-refractivity contribution in [2.75, 3.05) is 16.9 Å². The number of carbonyl (C=O) groups is 1. The van der Waals surface area contributed by atoms with Crippen molar-refractivity contribution < 1.29 is 14.3 Å². The van der Waals surface area contributed by atoms with E-state index in [0.29, 0.717) is 5.75 Å². The lowest BCUT2D eigenvalue weighted by Gasteiger charge is -2.25. The molecule has 0 atom stereocenters. The highest BCUT2D eigenvalue weighted by molar-refractivity contribution is 5.95. The van der Waals surface area contributed by atoms with Gasteiger partial charge in [-0.15, -0.1) is 0 Å². The summed E-state index contributed by atoms with van der Waals surface area (Å²) >= 11 is 0. The van der Waals surface area contributed by atoms with Gasteiger partial charge in [-0.3, -0.25) is 4.79 Å². The number of carbonyl (C=O) groups excluding carboxylic acids is 1. The van der Waals surface area contributed by atoms with Crippen molar-refractivity contribution in [3.8, 4) is 11.5 Å². The molecule has 5 heteroatoms. The Morgan fingerprint density at radius 1 is 0.348 bits per heavy atom. The number of hydrogen-bond donors (Lipinski definition) is 0. The Morgan fingerprint density at radius 2 is 0.636 bits per heavy atom. The fourth-order valence-electron chi connectivity index (χ4n) is 8.11. The van der Waals surface area contributed by atoms with E-state index in [9.17, 15) is 4.79 Å². The lowest BCUT2D eigenvalue weighted by Crippen LogP contribution is -2.10. The highest BCUT2D eigenvalue weighted by Gasteiger charge is 2.16. The molecule has 320 valence electrons. The zero-order chi connectivity index (χ0) is 45.1. The van der Waals surface area contributed by atoms with Gasteiger partial charge in [-0.1, -0.05) is 146 Å². The monoisotopic (exact) mass is 856 g/mol. The van der Waals surface area contributed by atoms with E-state index in [4.69, 9.17) is 9.47 Å². The summed E-state index contributed by atoms with van der Waals surface area (Å²) in [6.45, 7) is 1.41. The molecule has 0 N–H and O–H groups in total. The third kappa shape index (κ3) is 10.1. The SMILES string of the molecule is COc1ccc(N(c2ccccc2)c2ccc(C=C(c3ccccc3)c3ccc(C(=Cc4ccc(N(c5ccccc5)c5ccc(OC(C)=O)cc5)cc4)c4ccccc4)cc3)cc2)cc1. The average molecular weight is 857 g/mol. The normalized spacial score (nSPS) is 11.4. The van der Waals surface area contributed by atoms with Gasteiger partial charge >= 0.3 is 5.97 Å². The van der Waals surface area contributed by atoms with E-state index >= 15 is 0 Å². The van der Waals surface area contributed by atoms with E-state index in [-0.39, 0.29) is 5.97 Å². The Kier molecular flexibility index (Phi) is 13.1. The van der Waals surface area contributed by atoms with Gasteiger partial charge in [-0.25, -0.2) is 0 Å². The molecule has 0 aliphatic rings. The average Bonchev–Trinajstić information content (AvgIpc) is 3.38. The molecule has 0 bridgehead atoms. The van der Waals surface area contributed by atoms with E-state index in [1.165, 1.54) is 6.92 Å². The Morgan fingerprint density at radius 3 is 0.970 bits per heavy atom. The van der Waals surface area contributed by atoms with Crippen LogP contribution in [0, 0.1) is 0 Å². The highest BCUT2D eigenvalue weighted by Crippen LogP contribution is 2.38. The Balaban J connectivity index is 1.03. The summed E-state index contributed by atoms with van der Waals surface area (Å²) < 4.78 is 10.8. The number of benzene rings is 9. The van der Waals surface area contributed by atoms with Crippen LogP contribution in [0.2, 0.25) is 0 Å². The van der Waals surface area contributed by atoms with Gasteiger partial charge in [0.1, 0.15) is 11.5 Å². The van der Waals surface area contributed by atoms with Crippen LogP contribution in [0.1, 0.15) is 40.3 Å². The van der Waals surface area contributed by atoms with Gasteiger partial charge in [0.2, 0.25) is 0 Å². The van der Waals surface area contributed by atoms with Gasteiger partial charge in [-0.05, 0) is 154 Å². The van der Waals surface area contributed by atoms with Gasteiger partial charge in [0.05, 0.1) is 7.11 Å². The molecule has 0 aliphatic carbocycles. The van der Waals surface area contributed by atoms with Crippen LogP contribution in [0.4, 0.5) is 34.1 Å². The fourth-order valence-corrected chi connectivity index (χ4v) is 8.11. The lowest BCUT2D eigenvalue weighted by atomic mass is 9.91. The summed E-state index contributed by atoms with van der Waals surface area (Å²) in [6, 6.07) is 83.8. The first-order chi connectivity index (χ1) is 32.5. The van der Waals surface area contributed by atoms with Crippen LogP contribution in [0.5, 0.6) is 11.5 Å². The van der Waals surface area contributed by atoms with Crippen molar-refractivity contribution in [2.45, 2.75) is 6.92 Å². The zero-order valence-corrected chi connectivity index (χ0v) is 36.9. The first-order valence-corrected chi connectivity index (χ1v) is 22.0. The molecule has 0 heterocycles. The molecular weight excluding hydrogens is 809 g/mol. The molecule has 0 amide bonds. The maximum atomic E-state index is 11.6. The van der Waals surface area contributed by atoms with Crippen molar-refractivity contribution >= 4 is 63.4 Å². The maximum Gasteiger partial charge on any atom is 0.308 e. The van der Waals surface area contributed by atoms with Crippen LogP contribution in [-0.4, -0.2) is 13.1 Å². The molecular formula is C61H48N2O3. The quantitative estimate of drug-likeness (QED) is 0.0619. The van der Waals surface area contributed by atoms with Gasteiger partial charge in [0.15, 0.2) is 0 Å². The standard InChI is InChI=1S/C61H48N2O3/c1-45(64)66-59-41-37-57(38-42-59)63(53-21-13-6-14-22-53)55-33-25-47(26-34-55)44-61(49-17-9-4-10-18-49)51-29-27-50(28-30-51)60(48-15-7-3-8-16-48)43-46-23-31-54(32-24-46)62(52-19-11-5-12-20-52)56-35-39-58(65-2)40-36-56/h3-44H,1-2H3. The Bertz CT molecular complexity index is 3040. The highest BCUT2D eigenvalue weighted by atomic mass is 16.5. The third-order valence-electron chi connectivity index (χ3n) is 11.3. The number of ether oxygens (including phenoxy) is 2. The van der Waals surface area contributed by atoms with E-state index in [0.717, 1.165) is 84.4 Å². The van der Waals surface area contributed by atoms with E-state index in [1.807, 2.05) is 60.7 Å². The van der Waals surface area contributed by atoms with Crippen molar-refractivity contribution in [1.29, 1.82) is 0 Å². The third-order valence-corrected chi connectivity index (χ3v) is 11.3. The predicted molar refractivity (Wildman–Crippen MR) is 273 cm³/mol. The number of methoxy groups -OCH3 is 1. The fraction of sp³-hybridized carbons (Fsp3) is 0.0328. The number of rotatable bonds is 14. The van der Waals surface area contributed by atoms with Crippen LogP contribution < -0.4 is 19.3 Å². The molecule has 0 aromatic heterocycles. The summed E-state index contributed by atoms with van der Waals surface area (Å²) in [4.78, 5) is 16.0. The van der Waals surface area contributed by atoms with Gasteiger partial charge in [0, 0.05) is 41.0 Å². The van der Waals surface area contributed by atoms with E-state index in [1.54, 1.807) is 7.11 Å². The topological polar surface area (TPSA) is 42.0 Å². The van der Waals surface area contributed by atoms with E-state index < -0.39 is 0 Å². The minimum absolute atomic E-state index is 0.346. The van der Waals surface area contributed by atoms with Crippen LogP contribution >= 0.6 is 0 Å². The van der Waals surface area contributed by atoms with Crippen LogP contribution in [0.3, 0.4) is 0 Å². The molecule has 9 aromatic carbocycles. The summed E-state index contributed by atoms with van der Waals surface area (Å²) in [7, 11) is 1.69. The minimum Gasteiger partial charge on any atom is -0.497 e. The second-order valence-corrected chi connectivity index (χ2v) is 15.7. The van der Waals surface area contributed by atoms with Gasteiger partial charge < -0.3 is 19.3 Å². The predicted octanol–water partition coefficient (Wildman–Crippen LogP) is 15.7. The van der Waals surface area contributed by atoms with Gasteiger partial charge in [0.25, 0.3) is 0 Å². The smallest absolute Gasteiger partial charge is 0.308 e. The molecule has 0 aliphatic heterocycles. The molecule has 0 saturated carbocycles. The summed E-state index contributed by atoms with van der Waals surface area (Å²) in [5, 5.41) is 0. The lowest BCUT2D eigenvalue weighted by molar-refractivity contribution is -0.131. The number of anilines is 6. The molecule has 9 aromatic rings. The molecule has 0 radical (unpaired) electrons. The first kappa shape index (κ1) is 42.6. The second kappa shape index (κ2) is 20.2. The molecule has 0 saturated heterocycles. The molecule has 66 heavy (non-hydrogen) atoms. The van der Waals surface area contributed by atoms with Crippen molar-refractivity contribution in [1.82, 2.24) is 0 Å². The van der Waals surface area contributed by atoms with Crippen molar-refractivity contribution in [3.63, 3.8) is 0 Å². The number of esters is 1. The summed E-state index contributed by atoms with van der Waals surface area (Å²) in [6.07, 6.45) is 4.53. The summed E-state index contributed by atoms with van der Waals surface area (Å²) in [5.41, 5.74) is 15.1. The first-order valence-electron chi connectivity index (χ1n) is 22.0. The van der Waals surface area contributed by atoms with Crippen molar-refractivity contribution in [2.24, 2.45) is 0 Å². The molecule has 0 fully saturated rings. The largest absolute Gasteiger partial charge is 0.497 e. The molecule has 9 rings (SSSR count). The van der Waals surface area contributed by atoms with Crippen LogP contribution in [0.25, 0.3) is 23.3 Å². The Hall–Kier alpha value is -8.67. The van der Waals surface area contributed by atoms with Crippen LogP contribution in [0.15, 0.2) is 243 Å². The zero-order valence-electron chi connectivity index (χ0n) is 36.9. The second-order valence-electron chi connectivity index (χ2n) is 15.7. The minimum atomic E-state index is -0.346. The summed E-state index contributed by atoms with van der Waals surface area (Å²) in [5.74, 6) is 0.986. The molecule has 0 spiro atoms. The van der Waals surface area contributed by atoms with E-state index in [2.05, 4.69) is 204 Å². The molecule has 5 nitrogen and oxygen atoms in total. The van der Waals surface area contributed by atoms with Crippen LogP contribution in [-0.2, 0) is 4.79 Å². The molecule has 0 unspecified atom stereocenters. The maximum absolute atomic E-state index is 11.6. The number of hydrogen-bond acceptors (Lipinski definition) is 5. The Labute approximate surface area is 387 Å². The number of nitrogens with zero attached hydrogens (tertiary/aromatic N) is 2. The van der Waals surface area contributed by atoms with Gasteiger partial charge in [-0.2, -0.15) is 0 Å². The number of para-hydroxylation sites is 2.